The van der Waals surface area contributed by atoms with Crippen molar-refractivity contribution in [1.82, 2.24) is 10.6 Å². The number of halogens is 1. The van der Waals surface area contributed by atoms with E-state index in [2.05, 4.69) is 10.6 Å². The lowest BCUT2D eigenvalue weighted by Gasteiger charge is -2.24. The third-order valence-corrected chi connectivity index (χ3v) is 5.28. The first-order valence-corrected chi connectivity index (χ1v) is 8.66. The molecule has 3 aliphatic heterocycles. The number of fused-ring (bicyclic) bond motifs is 2. The van der Waals surface area contributed by atoms with Crippen LogP contribution in [-0.2, 0) is 9.47 Å². The van der Waals surface area contributed by atoms with Crippen LogP contribution in [0.2, 0.25) is 5.02 Å². The fraction of sp³-hybridized carbons (Fsp3) is 0.588. The Hall–Kier alpha value is -1.30. The summed E-state index contributed by atoms with van der Waals surface area (Å²) in [7, 11) is 0. The van der Waals surface area contributed by atoms with Crippen LogP contribution in [0.5, 0.6) is 0 Å². The Morgan fingerprint density at radius 3 is 2.57 bits per heavy atom. The molecule has 3 heterocycles. The smallest absolute Gasteiger partial charge is 0.315 e. The van der Waals surface area contributed by atoms with Crippen molar-refractivity contribution >= 4 is 17.6 Å². The van der Waals surface area contributed by atoms with Gasteiger partial charge in [0.1, 0.15) is 6.10 Å². The second-order valence-corrected chi connectivity index (χ2v) is 7.01. The van der Waals surface area contributed by atoms with Gasteiger partial charge in [-0.1, -0.05) is 23.7 Å². The Morgan fingerprint density at radius 1 is 1.09 bits per heavy atom. The Kier molecular flexibility index (Phi) is 4.18. The quantitative estimate of drug-likeness (QED) is 0.892. The number of ether oxygens (including phenoxy) is 2. The van der Waals surface area contributed by atoms with Crippen LogP contribution >= 0.6 is 11.6 Å². The van der Waals surface area contributed by atoms with Crippen molar-refractivity contribution in [2.45, 2.75) is 56.1 Å². The molecule has 3 aliphatic rings. The molecule has 5 atom stereocenters. The molecule has 5 nitrogen and oxygen atoms in total. The molecule has 0 aromatic heterocycles. The minimum absolute atomic E-state index is 0.0179. The van der Waals surface area contributed by atoms with Crippen LogP contribution in [-0.4, -0.2) is 36.9 Å². The van der Waals surface area contributed by atoms with Gasteiger partial charge in [-0.3, -0.25) is 0 Å². The average molecular weight is 337 g/mol. The predicted octanol–water partition coefficient (Wildman–Crippen LogP) is 2.79. The molecule has 1 aromatic rings. The molecule has 23 heavy (non-hydrogen) atoms. The highest BCUT2D eigenvalue weighted by molar-refractivity contribution is 6.30. The number of rotatable bonds is 3. The van der Waals surface area contributed by atoms with Gasteiger partial charge in [0.25, 0.3) is 0 Å². The molecule has 124 valence electrons. The van der Waals surface area contributed by atoms with Gasteiger partial charge in [0.15, 0.2) is 0 Å². The molecule has 0 aliphatic carbocycles. The number of hydrogen-bond donors (Lipinski definition) is 2. The summed E-state index contributed by atoms with van der Waals surface area (Å²) in [6.07, 6.45) is 4.33. The zero-order valence-electron chi connectivity index (χ0n) is 12.8. The van der Waals surface area contributed by atoms with Crippen molar-refractivity contribution in [3.63, 3.8) is 0 Å². The zero-order chi connectivity index (χ0) is 15.8. The van der Waals surface area contributed by atoms with Crippen molar-refractivity contribution in [2.75, 3.05) is 6.61 Å². The average Bonchev–Trinajstić information content (AvgIpc) is 3.25. The number of urea groups is 1. The summed E-state index contributed by atoms with van der Waals surface area (Å²) in [5, 5.41) is 6.83. The van der Waals surface area contributed by atoms with Crippen LogP contribution in [0, 0.1) is 0 Å². The normalized spacial score (nSPS) is 35.4. The summed E-state index contributed by atoms with van der Waals surface area (Å²) in [4.78, 5) is 12.3. The van der Waals surface area contributed by atoms with Crippen molar-refractivity contribution in [3.05, 3.63) is 34.9 Å². The molecule has 2 amide bonds. The van der Waals surface area contributed by atoms with Crippen LogP contribution in [0.4, 0.5) is 4.79 Å². The lowest BCUT2D eigenvalue weighted by Crippen LogP contribution is -2.49. The largest absolute Gasteiger partial charge is 0.373 e. The third kappa shape index (κ3) is 3.18. The van der Waals surface area contributed by atoms with Crippen LogP contribution in [0.1, 0.15) is 37.4 Å². The molecule has 6 heteroatoms. The summed E-state index contributed by atoms with van der Waals surface area (Å²) in [5.41, 5.74) is 1.04. The lowest BCUT2D eigenvalue weighted by atomic mass is 9.96. The monoisotopic (exact) mass is 336 g/mol. The predicted molar refractivity (Wildman–Crippen MR) is 86.5 cm³/mol. The van der Waals surface area contributed by atoms with E-state index in [1.807, 2.05) is 24.3 Å². The summed E-state index contributed by atoms with van der Waals surface area (Å²) >= 11 is 5.93. The maximum atomic E-state index is 12.3. The number of amides is 2. The van der Waals surface area contributed by atoms with E-state index >= 15 is 0 Å². The highest BCUT2D eigenvalue weighted by Crippen LogP contribution is 2.34. The first-order valence-electron chi connectivity index (χ1n) is 8.28. The van der Waals surface area contributed by atoms with E-state index in [1.54, 1.807) is 0 Å². The fourth-order valence-electron chi connectivity index (χ4n) is 3.89. The Labute approximate surface area is 140 Å². The number of carbonyl (C=O) groups excluding carboxylic acids is 1. The van der Waals surface area contributed by atoms with Crippen LogP contribution in [0.25, 0.3) is 0 Å². The van der Waals surface area contributed by atoms with Gasteiger partial charge in [-0.2, -0.15) is 0 Å². The van der Waals surface area contributed by atoms with E-state index in [-0.39, 0.29) is 30.3 Å². The maximum Gasteiger partial charge on any atom is 0.315 e. The molecule has 2 N–H and O–H groups in total. The van der Waals surface area contributed by atoms with Crippen molar-refractivity contribution in [2.24, 2.45) is 0 Å². The van der Waals surface area contributed by atoms with Crippen molar-refractivity contribution in [3.8, 4) is 0 Å². The van der Waals surface area contributed by atoms with Crippen molar-refractivity contribution < 1.29 is 14.3 Å². The highest BCUT2D eigenvalue weighted by Gasteiger charge is 2.42. The first-order chi connectivity index (χ1) is 11.2. The molecule has 2 bridgehead atoms. The molecule has 1 aromatic carbocycles. The van der Waals surface area contributed by atoms with E-state index in [0.29, 0.717) is 17.7 Å². The first kappa shape index (κ1) is 15.2. The molecule has 0 unspecified atom stereocenters. The van der Waals surface area contributed by atoms with E-state index in [0.717, 1.165) is 31.2 Å². The van der Waals surface area contributed by atoms with E-state index < -0.39 is 0 Å². The highest BCUT2D eigenvalue weighted by atomic mass is 35.5. The summed E-state index contributed by atoms with van der Waals surface area (Å²) < 4.78 is 11.6. The van der Waals surface area contributed by atoms with Gasteiger partial charge in [-0.05, 0) is 43.4 Å². The van der Waals surface area contributed by atoms with Crippen LogP contribution in [0.15, 0.2) is 24.3 Å². The van der Waals surface area contributed by atoms with Gasteiger partial charge in [0.2, 0.25) is 0 Å². The molecule has 4 rings (SSSR count). The minimum atomic E-state index is -0.124. The van der Waals surface area contributed by atoms with Gasteiger partial charge in [0, 0.05) is 11.6 Å². The van der Waals surface area contributed by atoms with E-state index in [9.17, 15) is 4.79 Å². The Bertz CT molecular complexity index is 580. The van der Waals surface area contributed by atoms with E-state index in [4.69, 9.17) is 21.1 Å². The van der Waals surface area contributed by atoms with Crippen LogP contribution < -0.4 is 10.6 Å². The number of benzene rings is 1. The molecule has 3 saturated heterocycles. The number of carbonyl (C=O) groups is 1. The second kappa shape index (κ2) is 6.30. The summed E-state index contributed by atoms with van der Waals surface area (Å²) in [6.45, 7) is 0.648. The zero-order valence-corrected chi connectivity index (χ0v) is 13.6. The summed E-state index contributed by atoms with van der Waals surface area (Å²) in [5.74, 6) is 0. The fourth-order valence-corrected chi connectivity index (χ4v) is 4.01. The van der Waals surface area contributed by atoms with Crippen molar-refractivity contribution in [1.29, 1.82) is 0 Å². The van der Waals surface area contributed by atoms with Gasteiger partial charge < -0.3 is 20.1 Å². The molecule has 3 fully saturated rings. The van der Waals surface area contributed by atoms with E-state index in [1.165, 1.54) is 0 Å². The van der Waals surface area contributed by atoms with Gasteiger partial charge in [-0.25, -0.2) is 4.79 Å². The lowest BCUT2D eigenvalue weighted by molar-refractivity contribution is 0.0957. The van der Waals surface area contributed by atoms with Gasteiger partial charge in [0.05, 0.1) is 24.3 Å². The van der Waals surface area contributed by atoms with Crippen LogP contribution in [0.3, 0.4) is 0 Å². The Morgan fingerprint density at radius 2 is 1.87 bits per heavy atom. The minimum Gasteiger partial charge on any atom is -0.373 e. The summed E-state index contributed by atoms with van der Waals surface area (Å²) in [6, 6.07) is 7.61. The number of nitrogens with one attached hydrogen (secondary N) is 2. The number of hydrogen-bond acceptors (Lipinski definition) is 3. The molecular weight excluding hydrogens is 316 g/mol. The SMILES string of the molecule is O=C(N[C@@H]1C[C@H]2CC[C@H]1O2)N[C@@H]1CCO[C@H]1c1ccc(Cl)cc1. The topological polar surface area (TPSA) is 59.6 Å². The molecular formula is C17H21ClN2O3. The Balaban J connectivity index is 1.35. The standard InChI is InChI=1S/C17H21ClN2O3/c18-11-3-1-10(2-4-11)16-13(7-8-22-16)19-17(21)20-14-9-12-5-6-15(14)23-12/h1-4,12-16H,5-9H2,(H2,19,20,21)/t12-,13-,14-,15-,16+/m1/s1. The molecule has 0 radical (unpaired) electrons. The third-order valence-electron chi connectivity index (χ3n) is 5.03. The maximum absolute atomic E-state index is 12.3. The van der Waals surface area contributed by atoms with Gasteiger partial charge in [-0.15, -0.1) is 0 Å². The molecule has 0 spiro atoms. The molecule has 0 saturated carbocycles. The van der Waals surface area contributed by atoms with Gasteiger partial charge >= 0.3 is 6.03 Å². The second-order valence-electron chi connectivity index (χ2n) is 6.57.